The Labute approximate surface area is 174 Å². The van der Waals surface area contributed by atoms with Crippen molar-refractivity contribution in [3.8, 4) is 11.3 Å². The number of para-hydroxylation sites is 2. The molecule has 6 aromatic rings. The lowest BCUT2D eigenvalue weighted by atomic mass is 9.88. The van der Waals surface area contributed by atoms with E-state index in [2.05, 4.69) is 98.0 Å². The topological polar surface area (TPSA) is 30.4 Å². The SMILES string of the molecule is CC(C)(C)c1ccc(-c2cccc3c2oc2c3ccc3cc4ccccc4n32)nc1. The lowest BCUT2D eigenvalue weighted by Gasteiger charge is -2.18. The largest absolute Gasteiger partial charge is 0.438 e. The molecule has 0 aliphatic rings. The van der Waals surface area contributed by atoms with Crippen LogP contribution in [0.5, 0.6) is 0 Å². The van der Waals surface area contributed by atoms with Crippen molar-refractivity contribution in [2.75, 3.05) is 0 Å². The highest BCUT2D eigenvalue weighted by Crippen LogP contribution is 2.37. The Bertz CT molecular complexity index is 1560. The summed E-state index contributed by atoms with van der Waals surface area (Å²) in [7, 11) is 0. The minimum atomic E-state index is 0.0813. The number of fused-ring (bicyclic) bond motifs is 7. The van der Waals surface area contributed by atoms with E-state index in [4.69, 9.17) is 9.40 Å². The van der Waals surface area contributed by atoms with Crippen molar-refractivity contribution in [2.45, 2.75) is 26.2 Å². The van der Waals surface area contributed by atoms with Crippen molar-refractivity contribution in [2.24, 2.45) is 0 Å². The second-order valence-corrected chi connectivity index (χ2v) is 8.98. The standard InChI is InChI=1S/C27H22N2O/c1-27(2,3)18-11-14-23(28-16-18)22-9-6-8-20-21-13-12-19-15-17-7-4-5-10-24(17)29(19)26(21)30-25(20)22/h4-16H,1-3H3. The van der Waals surface area contributed by atoms with Crippen LogP contribution in [-0.2, 0) is 5.41 Å². The summed E-state index contributed by atoms with van der Waals surface area (Å²) < 4.78 is 8.75. The molecule has 2 aromatic carbocycles. The Hall–Kier alpha value is -3.59. The summed E-state index contributed by atoms with van der Waals surface area (Å²) in [6.45, 7) is 6.61. The third-order valence-corrected chi connectivity index (χ3v) is 6.00. The number of rotatable bonds is 1. The van der Waals surface area contributed by atoms with Crippen molar-refractivity contribution < 1.29 is 4.42 Å². The molecule has 6 rings (SSSR count). The maximum Gasteiger partial charge on any atom is 0.213 e. The quantitative estimate of drug-likeness (QED) is 0.294. The van der Waals surface area contributed by atoms with Crippen LogP contribution in [-0.4, -0.2) is 9.38 Å². The molecule has 0 fully saturated rings. The van der Waals surface area contributed by atoms with Gasteiger partial charge in [0.05, 0.1) is 11.2 Å². The molecule has 0 N–H and O–H groups in total. The van der Waals surface area contributed by atoms with Crippen LogP contribution >= 0.6 is 0 Å². The van der Waals surface area contributed by atoms with Gasteiger partial charge in [0, 0.05) is 33.4 Å². The van der Waals surface area contributed by atoms with Crippen molar-refractivity contribution in [3.05, 3.63) is 84.6 Å². The van der Waals surface area contributed by atoms with Crippen molar-refractivity contribution in [1.82, 2.24) is 9.38 Å². The van der Waals surface area contributed by atoms with Gasteiger partial charge >= 0.3 is 0 Å². The highest BCUT2D eigenvalue weighted by Gasteiger charge is 2.18. The third kappa shape index (κ3) is 2.42. The predicted molar refractivity (Wildman–Crippen MR) is 124 cm³/mol. The maximum absolute atomic E-state index is 6.54. The Morgan fingerprint density at radius 3 is 2.50 bits per heavy atom. The number of pyridine rings is 2. The van der Waals surface area contributed by atoms with E-state index in [9.17, 15) is 0 Å². The molecule has 4 aromatic heterocycles. The minimum Gasteiger partial charge on any atom is -0.438 e. The molecule has 3 nitrogen and oxygen atoms in total. The lowest BCUT2D eigenvalue weighted by Crippen LogP contribution is -2.11. The summed E-state index contributed by atoms with van der Waals surface area (Å²) >= 11 is 0. The van der Waals surface area contributed by atoms with Crippen LogP contribution in [0.25, 0.3) is 49.7 Å². The van der Waals surface area contributed by atoms with Gasteiger partial charge in [0.25, 0.3) is 0 Å². The number of nitrogens with zero attached hydrogens (tertiary/aromatic N) is 2. The van der Waals surface area contributed by atoms with Crippen LogP contribution in [0.15, 0.2) is 83.4 Å². The van der Waals surface area contributed by atoms with Gasteiger partial charge in [-0.2, -0.15) is 0 Å². The minimum absolute atomic E-state index is 0.0813. The highest BCUT2D eigenvalue weighted by atomic mass is 16.3. The first-order valence-electron chi connectivity index (χ1n) is 10.3. The first-order valence-corrected chi connectivity index (χ1v) is 10.3. The van der Waals surface area contributed by atoms with Gasteiger partial charge in [-0.1, -0.05) is 57.2 Å². The average Bonchev–Trinajstić information content (AvgIpc) is 3.31. The fraction of sp³-hybridized carbons (Fsp3) is 0.148. The molecule has 3 heteroatoms. The molecule has 0 amide bonds. The summed E-state index contributed by atoms with van der Waals surface area (Å²) in [6.07, 6.45) is 1.98. The van der Waals surface area contributed by atoms with E-state index < -0.39 is 0 Å². The fourth-order valence-electron chi connectivity index (χ4n) is 4.35. The number of hydrogen-bond acceptors (Lipinski definition) is 2. The second-order valence-electron chi connectivity index (χ2n) is 8.98. The first kappa shape index (κ1) is 17.3. The van der Waals surface area contributed by atoms with Gasteiger partial charge in [-0.3, -0.25) is 9.38 Å². The maximum atomic E-state index is 6.54. The van der Waals surface area contributed by atoms with E-state index in [1.807, 2.05) is 6.20 Å². The molecule has 146 valence electrons. The highest BCUT2D eigenvalue weighted by molar-refractivity contribution is 6.10. The second kappa shape index (κ2) is 5.96. The molecular weight excluding hydrogens is 368 g/mol. The van der Waals surface area contributed by atoms with Gasteiger partial charge in [0.15, 0.2) is 0 Å². The normalized spacial score (nSPS) is 12.5. The Balaban J connectivity index is 1.65. The van der Waals surface area contributed by atoms with E-state index in [0.29, 0.717) is 0 Å². The molecule has 0 saturated heterocycles. The van der Waals surface area contributed by atoms with Gasteiger partial charge in [-0.25, -0.2) is 0 Å². The third-order valence-electron chi connectivity index (χ3n) is 6.00. The summed E-state index contributed by atoms with van der Waals surface area (Å²) in [6, 6.07) is 25.5. The molecule has 0 spiro atoms. The van der Waals surface area contributed by atoms with E-state index in [-0.39, 0.29) is 5.41 Å². The molecule has 0 saturated carbocycles. The molecule has 0 atom stereocenters. The van der Waals surface area contributed by atoms with E-state index in [1.54, 1.807) is 0 Å². The smallest absolute Gasteiger partial charge is 0.213 e. The van der Waals surface area contributed by atoms with Crippen LogP contribution in [0.3, 0.4) is 0 Å². The molecule has 0 radical (unpaired) electrons. The van der Waals surface area contributed by atoms with E-state index in [0.717, 1.165) is 44.4 Å². The van der Waals surface area contributed by atoms with E-state index >= 15 is 0 Å². The van der Waals surface area contributed by atoms with Crippen LogP contribution in [0.2, 0.25) is 0 Å². The van der Waals surface area contributed by atoms with Crippen LogP contribution in [0.4, 0.5) is 0 Å². The van der Waals surface area contributed by atoms with Crippen LogP contribution < -0.4 is 0 Å². The number of benzene rings is 2. The van der Waals surface area contributed by atoms with Gasteiger partial charge in [0.1, 0.15) is 5.58 Å². The summed E-state index contributed by atoms with van der Waals surface area (Å²) in [5.41, 5.74) is 7.32. The zero-order chi connectivity index (χ0) is 20.5. The first-order chi connectivity index (χ1) is 14.5. The van der Waals surface area contributed by atoms with Crippen molar-refractivity contribution >= 4 is 38.5 Å². The Morgan fingerprint density at radius 2 is 1.70 bits per heavy atom. The number of aromatic nitrogens is 2. The predicted octanol–water partition coefficient (Wildman–Crippen LogP) is 7.35. The summed E-state index contributed by atoms with van der Waals surface area (Å²) in [5.74, 6) is 0. The molecule has 30 heavy (non-hydrogen) atoms. The number of hydrogen-bond donors (Lipinski definition) is 0. The molecule has 0 bridgehead atoms. The summed E-state index contributed by atoms with van der Waals surface area (Å²) in [4.78, 5) is 4.77. The molecule has 0 aliphatic heterocycles. The lowest BCUT2D eigenvalue weighted by molar-refractivity contribution is 0.587. The fourth-order valence-corrected chi connectivity index (χ4v) is 4.35. The van der Waals surface area contributed by atoms with Crippen LogP contribution in [0.1, 0.15) is 26.3 Å². The molecular formula is C27H22N2O. The van der Waals surface area contributed by atoms with Crippen LogP contribution in [0, 0.1) is 0 Å². The van der Waals surface area contributed by atoms with Gasteiger partial charge in [-0.05, 0) is 47.4 Å². The molecule has 0 aliphatic carbocycles. The molecule has 0 unspecified atom stereocenters. The van der Waals surface area contributed by atoms with Gasteiger partial charge < -0.3 is 4.42 Å². The Kier molecular flexibility index (Phi) is 3.43. The molecule has 4 heterocycles. The zero-order valence-electron chi connectivity index (χ0n) is 17.3. The van der Waals surface area contributed by atoms with Crippen molar-refractivity contribution in [3.63, 3.8) is 0 Å². The summed E-state index contributed by atoms with van der Waals surface area (Å²) in [5, 5.41) is 3.45. The van der Waals surface area contributed by atoms with Gasteiger partial charge in [0.2, 0.25) is 5.71 Å². The number of furan rings is 1. The van der Waals surface area contributed by atoms with Gasteiger partial charge in [-0.15, -0.1) is 0 Å². The zero-order valence-corrected chi connectivity index (χ0v) is 17.3. The Morgan fingerprint density at radius 1 is 0.833 bits per heavy atom. The average molecular weight is 390 g/mol. The van der Waals surface area contributed by atoms with Crippen molar-refractivity contribution in [1.29, 1.82) is 0 Å². The monoisotopic (exact) mass is 390 g/mol. The van der Waals surface area contributed by atoms with E-state index in [1.165, 1.54) is 10.9 Å².